The van der Waals surface area contributed by atoms with Gasteiger partial charge < -0.3 is 10.1 Å². The van der Waals surface area contributed by atoms with Crippen molar-refractivity contribution in [3.05, 3.63) is 68.8 Å². The number of nitro groups is 1. The van der Waals surface area contributed by atoms with Crippen molar-refractivity contribution in [1.29, 1.82) is 0 Å². The predicted octanol–water partition coefficient (Wildman–Crippen LogP) is 4.21. The molecule has 1 amide bonds. The Morgan fingerprint density at radius 2 is 1.75 bits per heavy atom. The van der Waals surface area contributed by atoms with E-state index in [-0.39, 0.29) is 11.3 Å². The van der Waals surface area contributed by atoms with Crippen molar-refractivity contribution in [3.8, 4) is 0 Å². The van der Waals surface area contributed by atoms with Gasteiger partial charge in [0.1, 0.15) is 0 Å². The number of para-hydroxylation sites is 1. The van der Waals surface area contributed by atoms with E-state index in [4.69, 9.17) is 4.74 Å². The van der Waals surface area contributed by atoms with E-state index in [1.165, 1.54) is 25.1 Å². The maximum Gasteiger partial charge on any atom is 0.338 e. The lowest BCUT2D eigenvalue weighted by atomic mass is 10.0. The lowest BCUT2D eigenvalue weighted by Gasteiger charge is -2.18. The van der Waals surface area contributed by atoms with Crippen molar-refractivity contribution in [3.63, 3.8) is 0 Å². The summed E-state index contributed by atoms with van der Waals surface area (Å²) in [5.74, 6) is -1.14. The Kier molecular flexibility index (Phi) is 6.87. The maximum absolute atomic E-state index is 12.5. The van der Waals surface area contributed by atoms with E-state index in [1.807, 2.05) is 32.0 Å². The highest BCUT2D eigenvalue weighted by Gasteiger charge is 2.22. The molecule has 7 heteroatoms. The number of amides is 1. The van der Waals surface area contributed by atoms with Gasteiger partial charge in [0.25, 0.3) is 11.6 Å². The Morgan fingerprint density at radius 3 is 2.25 bits per heavy atom. The van der Waals surface area contributed by atoms with Crippen LogP contribution >= 0.6 is 0 Å². The van der Waals surface area contributed by atoms with Crippen molar-refractivity contribution in [2.45, 2.75) is 46.6 Å². The van der Waals surface area contributed by atoms with Gasteiger partial charge in [-0.2, -0.15) is 0 Å². The van der Waals surface area contributed by atoms with Gasteiger partial charge >= 0.3 is 5.97 Å². The van der Waals surface area contributed by atoms with E-state index in [2.05, 4.69) is 5.32 Å². The van der Waals surface area contributed by atoms with Gasteiger partial charge in [0.2, 0.25) is 0 Å². The summed E-state index contributed by atoms with van der Waals surface area (Å²) < 4.78 is 5.25. The normalized spacial score (nSPS) is 11.6. The van der Waals surface area contributed by atoms with Crippen LogP contribution in [0.15, 0.2) is 36.4 Å². The first kappa shape index (κ1) is 21.1. The molecule has 0 fully saturated rings. The SMILES string of the molecule is CCc1cccc(CC)c1NC(=O)[C@@H](C)OC(=O)c1ccc([N+](=O)[O-])c(C)c1. The summed E-state index contributed by atoms with van der Waals surface area (Å²) in [6.45, 7) is 7.04. The fraction of sp³-hybridized carbons (Fsp3) is 0.333. The van der Waals surface area contributed by atoms with Gasteiger partial charge in [-0.15, -0.1) is 0 Å². The minimum absolute atomic E-state index is 0.0781. The number of esters is 1. The molecule has 28 heavy (non-hydrogen) atoms. The lowest BCUT2D eigenvalue weighted by Crippen LogP contribution is -2.30. The molecule has 0 saturated heterocycles. The molecule has 2 rings (SSSR count). The third-order valence-corrected chi connectivity index (χ3v) is 4.53. The Labute approximate surface area is 163 Å². The standard InChI is InChI=1S/C21H24N2O5/c1-5-15-8-7-9-16(6-2)19(15)22-20(24)14(4)28-21(25)17-10-11-18(23(26)27)13(3)12-17/h7-12,14H,5-6H2,1-4H3,(H,22,24)/t14-/m1/s1. The third kappa shape index (κ3) is 4.73. The van der Waals surface area contributed by atoms with E-state index >= 15 is 0 Å². The summed E-state index contributed by atoms with van der Waals surface area (Å²) in [6, 6.07) is 9.80. The van der Waals surface area contributed by atoms with Crippen LogP contribution in [0.5, 0.6) is 0 Å². The van der Waals surface area contributed by atoms with Crippen molar-refractivity contribution in [2.24, 2.45) is 0 Å². The van der Waals surface area contributed by atoms with E-state index in [9.17, 15) is 19.7 Å². The van der Waals surface area contributed by atoms with Crippen LogP contribution in [0.4, 0.5) is 11.4 Å². The Balaban J connectivity index is 2.12. The summed E-state index contributed by atoms with van der Waals surface area (Å²) >= 11 is 0. The average molecular weight is 384 g/mol. The summed E-state index contributed by atoms with van der Waals surface area (Å²) in [4.78, 5) is 35.2. The summed E-state index contributed by atoms with van der Waals surface area (Å²) in [5, 5.41) is 13.8. The van der Waals surface area contributed by atoms with Gasteiger partial charge in [-0.3, -0.25) is 14.9 Å². The number of rotatable bonds is 7. The molecule has 0 saturated carbocycles. The number of carbonyl (C=O) groups excluding carboxylic acids is 2. The molecule has 0 aliphatic heterocycles. The Bertz CT molecular complexity index is 885. The van der Waals surface area contributed by atoms with Crippen LogP contribution in [0.2, 0.25) is 0 Å². The first-order chi connectivity index (χ1) is 13.3. The minimum atomic E-state index is -1.02. The average Bonchev–Trinajstić information content (AvgIpc) is 2.67. The molecule has 0 aliphatic rings. The van der Waals surface area contributed by atoms with E-state index < -0.39 is 22.9 Å². The molecule has 2 aromatic rings. The molecule has 148 valence electrons. The maximum atomic E-state index is 12.5. The Hall–Kier alpha value is -3.22. The van der Waals surface area contributed by atoms with Crippen LogP contribution in [0.3, 0.4) is 0 Å². The van der Waals surface area contributed by atoms with Gasteiger partial charge in [0, 0.05) is 17.3 Å². The van der Waals surface area contributed by atoms with Crippen LogP contribution in [-0.4, -0.2) is 22.9 Å². The molecular formula is C21H24N2O5. The quantitative estimate of drug-likeness (QED) is 0.438. The molecule has 0 aromatic heterocycles. The van der Waals surface area contributed by atoms with Crippen LogP contribution < -0.4 is 5.32 Å². The summed E-state index contributed by atoms with van der Waals surface area (Å²) in [7, 11) is 0. The van der Waals surface area contributed by atoms with Crippen molar-refractivity contribution in [2.75, 3.05) is 5.32 Å². The molecule has 1 atom stereocenters. The second-order valence-corrected chi connectivity index (χ2v) is 6.45. The highest BCUT2D eigenvalue weighted by molar-refractivity contribution is 5.98. The predicted molar refractivity (Wildman–Crippen MR) is 107 cm³/mol. The van der Waals surface area contributed by atoms with Gasteiger partial charge in [-0.1, -0.05) is 32.0 Å². The van der Waals surface area contributed by atoms with E-state index in [0.717, 1.165) is 29.7 Å². The smallest absolute Gasteiger partial charge is 0.338 e. The molecule has 0 heterocycles. The molecule has 0 bridgehead atoms. The Morgan fingerprint density at radius 1 is 1.14 bits per heavy atom. The fourth-order valence-electron chi connectivity index (χ4n) is 2.90. The monoisotopic (exact) mass is 384 g/mol. The number of nitrogens with zero attached hydrogens (tertiary/aromatic N) is 1. The highest BCUT2D eigenvalue weighted by Crippen LogP contribution is 2.23. The second kappa shape index (κ2) is 9.12. The molecule has 0 spiro atoms. The zero-order valence-corrected chi connectivity index (χ0v) is 16.4. The van der Waals surface area contributed by atoms with Gasteiger partial charge in [-0.25, -0.2) is 4.79 Å². The molecule has 0 radical (unpaired) electrons. The number of nitrogens with one attached hydrogen (secondary N) is 1. The first-order valence-electron chi connectivity index (χ1n) is 9.16. The zero-order chi connectivity index (χ0) is 20.8. The second-order valence-electron chi connectivity index (χ2n) is 6.45. The molecule has 7 nitrogen and oxygen atoms in total. The van der Waals surface area contributed by atoms with Crippen LogP contribution in [0, 0.1) is 17.0 Å². The third-order valence-electron chi connectivity index (χ3n) is 4.53. The minimum Gasteiger partial charge on any atom is -0.449 e. The van der Waals surface area contributed by atoms with Gasteiger partial charge in [-0.05, 0) is 49.9 Å². The van der Waals surface area contributed by atoms with E-state index in [1.54, 1.807) is 6.92 Å². The summed E-state index contributed by atoms with van der Waals surface area (Å²) in [5.41, 5.74) is 3.21. The molecule has 0 unspecified atom stereocenters. The lowest BCUT2D eigenvalue weighted by molar-refractivity contribution is -0.385. The van der Waals surface area contributed by atoms with E-state index in [0.29, 0.717) is 5.56 Å². The fourth-order valence-corrected chi connectivity index (χ4v) is 2.90. The largest absolute Gasteiger partial charge is 0.449 e. The van der Waals surface area contributed by atoms with Crippen molar-refractivity contribution >= 4 is 23.3 Å². The van der Waals surface area contributed by atoms with Crippen molar-refractivity contribution < 1.29 is 19.2 Å². The number of hydrogen-bond acceptors (Lipinski definition) is 5. The zero-order valence-electron chi connectivity index (χ0n) is 16.4. The first-order valence-corrected chi connectivity index (χ1v) is 9.16. The van der Waals surface area contributed by atoms with Crippen LogP contribution in [0.1, 0.15) is 47.8 Å². The summed E-state index contributed by atoms with van der Waals surface area (Å²) in [6.07, 6.45) is 0.511. The number of aryl methyl sites for hydroxylation is 3. The number of hydrogen-bond donors (Lipinski definition) is 1. The van der Waals surface area contributed by atoms with Gasteiger partial charge in [0.15, 0.2) is 6.10 Å². The van der Waals surface area contributed by atoms with Gasteiger partial charge in [0.05, 0.1) is 10.5 Å². The molecule has 0 aliphatic carbocycles. The molecule has 2 aromatic carbocycles. The van der Waals surface area contributed by atoms with Crippen LogP contribution in [0.25, 0.3) is 0 Å². The van der Waals surface area contributed by atoms with Crippen molar-refractivity contribution in [1.82, 2.24) is 0 Å². The van der Waals surface area contributed by atoms with Crippen LogP contribution in [-0.2, 0) is 22.4 Å². The molecule has 1 N–H and O–H groups in total. The number of nitro benzene ring substituents is 1. The molecular weight excluding hydrogens is 360 g/mol. The number of anilines is 1. The number of ether oxygens (including phenoxy) is 1. The highest BCUT2D eigenvalue weighted by atomic mass is 16.6. The number of carbonyl (C=O) groups is 2. The topological polar surface area (TPSA) is 98.5 Å². The number of benzene rings is 2.